The Morgan fingerprint density at radius 1 is 0.878 bits per heavy atom. The lowest BCUT2D eigenvalue weighted by atomic mass is 9.71. The number of piperidine rings is 2. The third kappa shape index (κ3) is 5.88. The van der Waals surface area contributed by atoms with E-state index in [9.17, 15) is 9.90 Å². The van der Waals surface area contributed by atoms with Gasteiger partial charge in [-0.05, 0) is 81.2 Å². The number of likely N-dealkylation sites (tertiary alicyclic amines) is 1. The minimum absolute atomic E-state index is 0.149. The van der Waals surface area contributed by atoms with Crippen LogP contribution in [0.25, 0.3) is 0 Å². The molecule has 0 aliphatic carbocycles. The molecule has 0 aromatic heterocycles. The Labute approximate surface area is 243 Å². The fourth-order valence-corrected chi connectivity index (χ4v) is 6.92. The second kappa shape index (κ2) is 11.0. The molecule has 1 N–H and O–H groups in total. The zero-order chi connectivity index (χ0) is 28.6. The molecule has 216 valence electrons. The van der Waals surface area contributed by atoms with Gasteiger partial charge in [0.05, 0.1) is 6.61 Å². The van der Waals surface area contributed by atoms with Crippen LogP contribution in [0.4, 0.5) is 10.5 Å². The molecule has 0 bridgehead atoms. The van der Waals surface area contributed by atoms with Gasteiger partial charge < -0.3 is 24.4 Å². The molecular weight excluding hydrogens is 512 g/mol. The number of nitrogens with zero attached hydrogens (tertiary/aromatic N) is 2. The molecule has 2 unspecified atom stereocenters. The molecule has 1 amide bonds. The highest BCUT2D eigenvalue weighted by atomic mass is 16.6. The van der Waals surface area contributed by atoms with E-state index in [2.05, 4.69) is 59.5 Å². The van der Waals surface area contributed by atoms with Gasteiger partial charge in [0, 0.05) is 55.3 Å². The number of fused-ring (bicyclic) bond motifs is 1. The third-order valence-electron chi connectivity index (χ3n) is 9.30. The third-order valence-corrected chi connectivity index (χ3v) is 9.30. The van der Waals surface area contributed by atoms with Gasteiger partial charge in [-0.3, -0.25) is 0 Å². The topological polar surface area (TPSA) is 62.2 Å². The molecule has 3 aliphatic rings. The summed E-state index contributed by atoms with van der Waals surface area (Å²) >= 11 is 0. The predicted molar refractivity (Wildman–Crippen MR) is 162 cm³/mol. The van der Waals surface area contributed by atoms with Crippen LogP contribution in [0.15, 0.2) is 72.8 Å². The molecule has 2 saturated heterocycles. The summed E-state index contributed by atoms with van der Waals surface area (Å²) in [4.78, 5) is 16.9. The first-order valence-corrected chi connectivity index (χ1v) is 15.0. The number of hydrogen-bond acceptors (Lipinski definition) is 5. The van der Waals surface area contributed by atoms with Crippen LogP contribution in [-0.4, -0.2) is 54.5 Å². The SMILES string of the molecule is CC(C)(C)OC(=O)N1CCC2(CC1)CCN(c1ccc(C3c4ccc(O)cc4OCC3c3ccccc3)cc1)CC2. The van der Waals surface area contributed by atoms with E-state index in [0.29, 0.717) is 12.0 Å². The van der Waals surface area contributed by atoms with Crippen LogP contribution >= 0.6 is 0 Å². The van der Waals surface area contributed by atoms with Crippen molar-refractivity contribution in [2.45, 2.75) is 63.9 Å². The molecule has 3 aromatic rings. The number of phenolic OH excluding ortho intramolecular Hbond substituents is 1. The van der Waals surface area contributed by atoms with E-state index in [0.717, 1.165) is 63.2 Å². The van der Waals surface area contributed by atoms with Gasteiger partial charge in [0.15, 0.2) is 0 Å². The van der Waals surface area contributed by atoms with Crippen molar-refractivity contribution in [3.8, 4) is 11.5 Å². The minimum Gasteiger partial charge on any atom is -0.508 e. The number of benzene rings is 3. The van der Waals surface area contributed by atoms with Crippen LogP contribution < -0.4 is 9.64 Å². The number of anilines is 1. The Hall–Kier alpha value is -3.67. The van der Waals surface area contributed by atoms with E-state index >= 15 is 0 Å². The second-order valence-corrected chi connectivity index (χ2v) is 13.1. The first-order chi connectivity index (χ1) is 19.7. The Morgan fingerprint density at radius 3 is 2.20 bits per heavy atom. The molecule has 41 heavy (non-hydrogen) atoms. The van der Waals surface area contributed by atoms with Crippen molar-refractivity contribution in [3.05, 3.63) is 89.5 Å². The lowest BCUT2D eigenvalue weighted by molar-refractivity contribution is 0.00666. The van der Waals surface area contributed by atoms with Crippen LogP contribution in [0.2, 0.25) is 0 Å². The summed E-state index contributed by atoms with van der Waals surface area (Å²) in [5, 5.41) is 10.1. The molecule has 2 atom stereocenters. The van der Waals surface area contributed by atoms with Crippen LogP contribution in [-0.2, 0) is 4.74 Å². The highest BCUT2D eigenvalue weighted by Gasteiger charge is 2.40. The lowest BCUT2D eigenvalue weighted by Crippen LogP contribution is -2.49. The normalized spacial score (nSPS) is 22.1. The summed E-state index contributed by atoms with van der Waals surface area (Å²) in [5.74, 6) is 1.34. The fourth-order valence-electron chi connectivity index (χ4n) is 6.92. The summed E-state index contributed by atoms with van der Waals surface area (Å²) in [5.41, 5.74) is 4.79. The van der Waals surface area contributed by atoms with Gasteiger partial charge in [-0.1, -0.05) is 48.5 Å². The van der Waals surface area contributed by atoms with E-state index in [4.69, 9.17) is 9.47 Å². The molecular formula is C35H42N2O4. The summed E-state index contributed by atoms with van der Waals surface area (Å²) in [6, 6.07) is 25.2. The standard InChI is InChI=1S/C35H42N2O4/c1-34(2,3)41-33(39)37-21-17-35(18-22-37)15-19-36(20-16-35)27-11-9-26(10-12-27)32-29-14-13-28(38)23-31(29)40-24-30(32)25-7-5-4-6-8-25/h4-14,23,30,32,38H,15-22,24H2,1-3H3. The van der Waals surface area contributed by atoms with Crippen LogP contribution in [0, 0.1) is 5.41 Å². The average molecular weight is 555 g/mol. The number of phenols is 1. The van der Waals surface area contributed by atoms with Gasteiger partial charge in [-0.25, -0.2) is 4.79 Å². The van der Waals surface area contributed by atoms with Crippen molar-refractivity contribution in [2.75, 3.05) is 37.7 Å². The highest BCUT2D eigenvalue weighted by Crippen LogP contribution is 2.47. The van der Waals surface area contributed by atoms with Gasteiger partial charge in [0.25, 0.3) is 0 Å². The number of amides is 1. The zero-order valence-electron chi connectivity index (χ0n) is 24.5. The second-order valence-electron chi connectivity index (χ2n) is 13.1. The van der Waals surface area contributed by atoms with E-state index in [1.165, 1.54) is 16.8 Å². The van der Waals surface area contributed by atoms with Crippen molar-refractivity contribution in [1.29, 1.82) is 0 Å². The molecule has 3 heterocycles. The predicted octanol–water partition coefficient (Wildman–Crippen LogP) is 7.32. The van der Waals surface area contributed by atoms with Crippen molar-refractivity contribution >= 4 is 11.8 Å². The smallest absolute Gasteiger partial charge is 0.410 e. The molecule has 6 heteroatoms. The van der Waals surface area contributed by atoms with Gasteiger partial charge in [-0.2, -0.15) is 0 Å². The highest BCUT2D eigenvalue weighted by molar-refractivity contribution is 5.68. The summed E-state index contributed by atoms with van der Waals surface area (Å²) in [6.07, 6.45) is 4.24. The summed E-state index contributed by atoms with van der Waals surface area (Å²) in [6.45, 7) is 10.0. The van der Waals surface area contributed by atoms with Gasteiger partial charge in [0.1, 0.15) is 17.1 Å². The molecule has 1 spiro atoms. The van der Waals surface area contributed by atoms with Crippen molar-refractivity contribution in [1.82, 2.24) is 4.90 Å². The fraction of sp³-hybridized carbons (Fsp3) is 0.457. The van der Waals surface area contributed by atoms with E-state index in [-0.39, 0.29) is 23.7 Å². The molecule has 0 radical (unpaired) electrons. The molecule has 3 aromatic carbocycles. The monoisotopic (exact) mass is 554 g/mol. The first kappa shape index (κ1) is 27.5. The average Bonchev–Trinajstić information content (AvgIpc) is 2.97. The number of ether oxygens (including phenoxy) is 2. The van der Waals surface area contributed by atoms with Crippen LogP contribution in [0.1, 0.15) is 75.0 Å². The first-order valence-electron chi connectivity index (χ1n) is 15.0. The molecule has 6 nitrogen and oxygen atoms in total. The summed E-state index contributed by atoms with van der Waals surface area (Å²) in [7, 11) is 0. The van der Waals surface area contributed by atoms with E-state index in [1.54, 1.807) is 12.1 Å². The zero-order valence-corrected chi connectivity index (χ0v) is 24.5. The maximum atomic E-state index is 12.5. The van der Waals surface area contributed by atoms with Crippen molar-refractivity contribution in [2.24, 2.45) is 5.41 Å². The van der Waals surface area contributed by atoms with Gasteiger partial charge in [-0.15, -0.1) is 0 Å². The maximum Gasteiger partial charge on any atom is 0.410 e. The number of aromatic hydroxyl groups is 1. The maximum absolute atomic E-state index is 12.5. The van der Waals surface area contributed by atoms with Crippen molar-refractivity contribution < 1.29 is 19.4 Å². The minimum atomic E-state index is -0.452. The Morgan fingerprint density at radius 2 is 1.54 bits per heavy atom. The number of hydrogen-bond donors (Lipinski definition) is 1. The lowest BCUT2D eigenvalue weighted by Gasteiger charge is -2.47. The Kier molecular flexibility index (Phi) is 7.35. The quantitative estimate of drug-likeness (QED) is 0.368. The van der Waals surface area contributed by atoms with Crippen LogP contribution in [0.5, 0.6) is 11.5 Å². The van der Waals surface area contributed by atoms with Crippen molar-refractivity contribution in [3.63, 3.8) is 0 Å². The largest absolute Gasteiger partial charge is 0.508 e. The molecule has 3 aliphatic heterocycles. The van der Waals surface area contributed by atoms with Crippen LogP contribution in [0.3, 0.4) is 0 Å². The van der Waals surface area contributed by atoms with Gasteiger partial charge in [0.2, 0.25) is 0 Å². The van der Waals surface area contributed by atoms with E-state index < -0.39 is 5.60 Å². The number of carbonyl (C=O) groups is 1. The Bertz CT molecular complexity index is 1350. The summed E-state index contributed by atoms with van der Waals surface area (Å²) < 4.78 is 11.7. The van der Waals surface area contributed by atoms with Gasteiger partial charge >= 0.3 is 6.09 Å². The Balaban J connectivity index is 1.13. The number of carbonyl (C=O) groups excluding carboxylic acids is 1. The number of rotatable bonds is 3. The van der Waals surface area contributed by atoms with E-state index in [1.807, 2.05) is 31.7 Å². The molecule has 6 rings (SSSR count). The molecule has 0 saturated carbocycles. The molecule has 2 fully saturated rings.